The molecular weight excluding hydrogens is 323 g/mol. The van der Waals surface area contributed by atoms with Crippen molar-refractivity contribution >= 4 is 11.9 Å². The van der Waals surface area contributed by atoms with Crippen molar-refractivity contribution in [3.63, 3.8) is 0 Å². The second-order valence-corrected chi connectivity index (χ2v) is 6.57. The maximum absolute atomic E-state index is 12.9. The quantitative estimate of drug-likeness (QED) is 0.833. The number of carbonyl (C=O) groups excluding carboxylic acids is 1. The Labute approximate surface area is 146 Å². The summed E-state index contributed by atoms with van der Waals surface area (Å²) in [6.45, 7) is 6.66. The highest BCUT2D eigenvalue weighted by molar-refractivity contribution is 5.76. The zero-order valence-electron chi connectivity index (χ0n) is 14.6. The Hall–Kier alpha value is -2.44. The van der Waals surface area contributed by atoms with Crippen molar-refractivity contribution in [1.29, 1.82) is 0 Å². The molecule has 0 unspecified atom stereocenters. The minimum absolute atomic E-state index is 0.123. The lowest BCUT2D eigenvalue weighted by Crippen LogP contribution is -2.49. The first kappa shape index (κ1) is 17.4. The standard InChI is InChI=1S/C18H23FN4O2/c1-13(2)17-20-21-18(25-17)23-11-9-22(10-12-23)16(24)8-5-14-3-6-15(19)7-4-14/h3-4,6-7,13H,5,8-12H2,1-2H3. The van der Waals surface area contributed by atoms with Gasteiger partial charge in [-0.15, -0.1) is 5.10 Å². The maximum atomic E-state index is 12.9. The summed E-state index contributed by atoms with van der Waals surface area (Å²) in [6.07, 6.45) is 1.06. The molecule has 0 atom stereocenters. The number of benzene rings is 1. The third-order valence-electron chi connectivity index (χ3n) is 4.37. The van der Waals surface area contributed by atoms with Crippen LogP contribution in [0.25, 0.3) is 0 Å². The van der Waals surface area contributed by atoms with Crippen molar-refractivity contribution in [2.75, 3.05) is 31.1 Å². The molecule has 1 fully saturated rings. The van der Waals surface area contributed by atoms with Crippen molar-refractivity contribution in [3.8, 4) is 0 Å². The normalized spacial score (nSPS) is 15.0. The van der Waals surface area contributed by atoms with Gasteiger partial charge in [0.25, 0.3) is 0 Å². The maximum Gasteiger partial charge on any atom is 0.318 e. The molecule has 0 N–H and O–H groups in total. The second kappa shape index (κ2) is 7.63. The summed E-state index contributed by atoms with van der Waals surface area (Å²) in [7, 11) is 0. The Morgan fingerprint density at radius 2 is 1.84 bits per heavy atom. The largest absolute Gasteiger partial charge is 0.408 e. The average Bonchev–Trinajstić information content (AvgIpc) is 3.11. The fourth-order valence-corrected chi connectivity index (χ4v) is 2.80. The number of carbonyl (C=O) groups is 1. The number of piperazine rings is 1. The second-order valence-electron chi connectivity index (χ2n) is 6.57. The third kappa shape index (κ3) is 4.35. The molecule has 0 aliphatic carbocycles. The molecule has 2 heterocycles. The lowest BCUT2D eigenvalue weighted by Gasteiger charge is -2.33. The molecule has 0 spiro atoms. The van der Waals surface area contributed by atoms with Crippen LogP contribution in [0, 0.1) is 5.82 Å². The summed E-state index contributed by atoms with van der Waals surface area (Å²) >= 11 is 0. The van der Waals surface area contributed by atoms with Gasteiger partial charge in [-0.2, -0.15) is 0 Å². The van der Waals surface area contributed by atoms with E-state index in [1.807, 2.05) is 23.6 Å². The molecule has 1 amide bonds. The van der Waals surface area contributed by atoms with E-state index in [9.17, 15) is 9.18 Å². The zero-order valence-corrected chi connectivity index (χ0v) is 14.6. The lowest BCUT2D eigenvalue weighted by atomic mass is 10.1. The Kier molecular flexibility index (Phi) is 5.31. The molecular formula is C18H23FN4O2. The lowest BCUT2D eigenvalue weighted by molar-refractivity contribution is -0.131. The van der Waals surface area contributed by atoms with Crippen molar-refractivity contribution in [2.24, 2.45) is 0 Å². The number of anilines is 1. The highest BCUT2D eigenvalue weighted by Crippen LogP contribution is 2.19. The summed E-state index contributed by atoms with van der Waals surface area (Å²) in [5.41, 5.74) is 0.973. The van der Waals surface area contributed by atoms with Crippen LogP contribution in [0.3, 0.4) is 0 Å². The van der Waals surface area contributed by atoms with E-state index < -0.39 is 0 Å². The summed E-state index contributed by atoms with van der Waals surface area (Å²) < 4.78 is 18.6. The van der Waals surface area contributed by atoms with Gasteiger partial charge in [0.2, 0.25) is 11.8 Å². The molecule has 6 nitrogen and oxygen atoms in total. The third-order valence-corrected chi connectivity index (χ3v) is 4.37. The van der Waals surface area contributed by atoms with Crippen molar-refractivity contribution < 1.29 is 13.6 Å². The Morgan fingerprint density at radius 1 is 1.16 bits per heavy atom. The van der Waals surface area contributed by atoms with Crippen LogP contribution in [-0.4, -0.2) is 47.2 Å². The molecule has 1 aromatic heterocycles. The molecule has 0 saturated carbocycles. The molecule has 2 aromatic rings. The van der Waals surface area contributed by atoms with Gasteiger partial charge in [-0.1, -0.05) is 31.1 Å². The first-order chi connectivity index (χ1) is 12.0. The van der Waals surface area contributed by atoms with Crippen LogP contribution < -0.4 is 4.90 Å². The number of aromatic nitrogens is 2. The molecule has 1 aromatic carbocycles. The van der Waals surface area contributed by atoms with E-state index in [0.717, 1.165) is 5.56 Å². The molecule has 134 valence electrons. The zero-order chi connectivity index (χ0) is 17.8. The first-order valence-corrected chi connectivity index (χ1v) is 8.63. The van der Waals surface area contributed by atoms with E-state index in [1.54, 1.807) is 12.1 Å². The predicted molar refractivity (Wildman–Crippen MR) is 91.9 cm³/mol. The number of aryl methyl sites for hydroxylation is 1. The van der Waals surface area contributed by atoms with Gasteiger partial charge in [-0.3, -0.25) is 4.79 Å². The summed E-state index contributed by atoms with van der Waals surface area (Å²) in [5, 5.41) is 8.14. The molecule has 1 aliphatic rings. The summed E-state index contributed by atoms with van der Waals surface area (Å²) in [4.78, 5) is 16.2. The molecule has 3 rings (SSSR count). The monoisotopic (exact) mass is 346 g/mol. The van der Waals surface area contributed by atoms with Gasteiger partial charge in [0.05, 0.1) is 0 Å². The highest BCUT2D eigenvalue weighted by Gasteiger charge is 2.24. The van der Waals surface area contributed by atoms with E-state index in [2.05, 4.69) is 10.2 Å². The van der Waals surface area contributed by atoms with Gasteiger partial charge in [0.1, 0.15) is 5.82 Å². The smallest absolute Gasteiger partial charge is 0.318 e. The van der Waals surface area contributed by atoms with Gasteiger partial charge in [-0.05, 0) is 24.1 Å². The van der Waals surface area contributed by atoms with E-state index in [0.29, 0.717) is 50.9 Å². The topological polar surface area (TPSA) is 62.5 Å². The minimum Gasteiger partial charge on any atom is -0.408 e. The Balaban J connectivity index is 1.47. The number of rotatable bonds is 5. The van der Waals surface area contributed by atoms with E-state index >= 15 is 0 Å². The van der Waals surface area contributed by atoms with Crippen LogP contribution in [0.15, 0.2) is 28.7 Å². The molecule has 7 heteroatoms. The molecule has 0 radical (unpaired) electrons. The van der Waals surface area contributed by atoms with E-state index in [1.165, 1.54) is 12.1 Å². The Bertz CT molecular complexity index is 706. The molecule has 1 aliphatic heterocycles. The number of hydrogen-bond donors (Lipinski definition) is 0. The van der Waals surface area contributed by atoms with Crippen LogP contribution in [-0.2, 0) is 11.2 Å². The van der Waals surface area contributed by atoms with E-state index in [4.69, 9.17) is 4.42 Å². The fraction of sp³-hybridized carbons (Fsp3) is 0.500. The summed E-state index contributed by atoms with van der Waals surface area (Å²) in [5.74, 6) is 0.702. The SMILES string of the molecule is CC(C)c1nnc(N2CCN(C(=O)CCc3ccc(F)cc3)CC2)o1. The van der Waals surface area contributed by atoms with Gasteiger partial charge in [0.15, 0.2) is 0 Å². The van der Waals surface area contributed by atoms with Crippen LogP contribution >= 0.6 is 0 Å². The minimum atomic E-state index is -0.257. The summed E-state index contributed by atoms with van der Waals surface area (Å²) in [6, 6.07) is 6.83. The number of halogens is 1. The Morgan fingerprint density at radius 3 is 2.44 bits per heavy atom. The van der Waals surface area contributed by atoms with Gasteiger partial charge < -0.3 is 14.2 Å². The first-order valence-electron chi connectivity index (χ1n) is 8.63. The predicted octanol–water partition coefficient (Wildman–Crippen LogP) is 2.61. The van der Waals surface area contributed by atoms with Crippen molar-refractivity contribution in [1.82, 2.24) is 15.1 Å². The number of hydrogen-bond acceptors (Lipinski definition) is 5. The van der Waals surface area contributed by atoms with Crippen molar-refractivity contribution in [2.45, 2.75) is 32.6 Å². The van der Waals surface area contributed by atoms with Crippen LogP contribution in [0.2, 0.25) is 0 Å². The number of amides is 1. The fourth-order valence-electron chi connectivity index (χ4n) is 2.80. The van der Waals surface area contributed by atoms with Crippen LogP contribution in [0.1, 0.15) is 37.6 Å². The van der Waals surface area contributed by atoms with E-state index in [-0.39, 0.29) is 17.6 Å². The van der Waals surface area contributed by atoms with Crippen LogP contribution in [0.5, 0.6) is 0 Å². The highest BCUT2D eigenvalue weighted by atomic mass is 19.1. The van der Waals surface area contributed by atoms with Crippen molar-refractivity contribution in [3.05, 3.63) is 41.5 Å². The van der Waals surface area contributed by atoms with Gasteiger partial charge in [0, 0.05) is 38.5 Å². The van der Waals surface area contributed by atoms with Gasteiger partial charge >= 0.3 is 6.01 Å². The molecule has 0 bridgehead atoms. The molecule has 25 heavy (non-hydrogen) atoms. The van der Waals surface area contributed by atoms with Crippen LogP contribution in [0.4, 0.5) is 10.4 Å². The average molecular weight is 346 g/mol. The number of nitrogens with zero attached hydrogens (tertiary/aromatic N) is 4. The molecule has 1 saturated heterocycles. The van der Waals surface area contributed by atoms with Gasteiger partial charge in [-0.25, -0.2) is 4.39 Å².